The Hall–Kier alpha value is -2.71. The van der Waals surface area contributed by atoms with Crippen LogP contribution in [0.5, 0.6) is 5.75 Å². The molecule has 0 saturated heterocycles. The highest BCUT2D eigenvalue weighted by Gasteiger charge is 2.38. The van der Waals surface area contributed by atoms with E-state index in [9.17, 15) is 4.79 Å². The van der Waals surface area contributed by atoms with Gasteiger partial charge in [0.1, 0.15) is 11.0 Å². The molecular formula is C23H26ClN5O2S. The predicted molar refractivity (Wildman–Crippen MR) is 128 cm³/mol. The second-order valence-electron chi connectivity index (χ2n) is 7.83. The zero-order chi connectivity index (χ0) is 22.8. The summed E-state index contributed by atoms with van der Waals surface area (Å²) in [6.45, 7) is 6.12. The van der Waals surface area contributed by atoms with Gasteiger partial charge in [-0.3, -0.25) is 4.79 Å². The van der Waals surface area contributed by atoms with E-state index in [0.717, 1.165) is 41.0 Å². The number of hydrogen-bond donors (Lipinski definition) is 2. The zero-order valence-corrected chi connectivity index (χ0v) is 20.0. The lowest BCUT2D eigenvalue weighted by molar-refractivity contribution is -0.116. The molecule has 0 saturated carbocycles. The predicted octanol–water partition coefficient (Wildman–Crippen LogP) is 4.91. The fraction of sp³-hybridized carbons (Fsp3) is 0.348. The molecule has 1 aromatic heterocycles. The van der Waals surface area contributed by atoms with Crippen molar-refractivity contribution >= 4 is 35.0 Å². The number of ether oxygens (including phenoxy) is 1. The Morgan fingerprint density at radius 1 is 1.25 bits per heavy atom. The number of benzene rings is 2. The summed E-state index contributed by atoms with van der Waals surface area (Å²) < 4.78 is 7.18. The van der Waals surface area contributed by atoms with Gasteiger partial charge in [-0.1, -0.05) is 54.0 Å². The topological polar surface area (TPSA) is 81.1 Å². The third-order valence-corrected chi connectivity index (χ3v) is 6.92. The maximum Gasteiger partial charge on any atom is 0.240 e. The SMILES string of the molecule is CCCc1nnc2n1N[C@H](c1ccc(OC)c(Cl)c1)[C@@H](C(=O)Nc1ccc(C)cc1C)S2. The van der Waals surface area contributed by atoms with Gasteiger partial charge >= 0.3 is 0 Å². The fourth-order valence-corrected chi connectivity index (χ4v) is 5.13. The van der Waals surface area contributed by atoms with E-state index in [1.165, 1.54) is 11.8 Å². The molecule has 2 N–H and O–H groups in total. The number of nitrogens with one attached hydrogen (secondary N) is 2. The molecule has 0 fully saturated rings. The average Bonchev–Trinajstić information content (AvgIpc) is 3.17. The second-order valence-corrected chi connectivity index (χ2v) is 9.35. The Bertz CT molecular complexity index is 1150. The van der Waals surface area contributed by atoms with E-state index in [0.29, 0.717) is 15.9 Å². The fourth-order valence-electron chi connectivity index (χ4n) is 3.77. The molecule has 1 aliphatic heterocycles. The van der Waals surface area contributed by atoms with Gasteiger partial charge in [0, 0.05) is 12.1 Å². The van der Waals surface area contributed by atoms with Crippen molar-refractivity contribution in [2.24, 2.45) is 0 Å². The van der Waals surface area contributed by atoms with Gasteiger partial charge in [0.15, 0.2) is 5.82 Å². The first-order valence-corrected chi connectivity index (χ1v) is 11.8. The van der Waals surface area contributed by atoms with Crippen molar-refractivity contribution in [3.63, 3.8) is 0 Å². The summed E-state index contributed by atoms with van der Waals surface area (Å²) in [6.07, 6.45) is 1.73. The van der Waals surface area contributed by atoms with Crippen LogP contribution in [0, 0.1) is 13.8 Å². The molecule has 32 heavy (non-hydrogen) atoms. The number of nitrogens with zero attached hydrogens (tertiary/aromatic N) is 3. The highest BCUT2D eigenvalue weighted by atomic mass is 35.5. The summed E-state index contributed by atoms with van der Waals surface area (Å²) in [5.41, 5.74) is 7.31. The Labute approximate surface area is 196 Å². The van der Waals surface area contributed by atoms with Gasteiger partial charge in [0.05, 0.1) is 18.2 Å². The van der Waals surface area contributed by atoms with Crippen molar-refractivity contribution in [1.82, 2.24) is 14.9 Å². The maximum atomic E-state index is 13.5. The number of thioether (sulfide) groups is 1. The lowest BCUT2D eigenvalue weighted by Crippen LogP contribution is -2.41. The number of amides is 1. The van der Waals surface area contributed by atoms with Crippen molar-refractivity contribution in [2.45, 2.75) is 50.1 Å². The van der Waals surface area contributed by atoms with Crippen molar-refractivity contribution in [1.29, 1.82) is 0 Å². The molecule has 0 unspecified atom stereocenters. The van der Waals surface area contributed by atoms with E-state index >= 15 is 0 Å². The number of halogens is 1. The van der Waals surface area contributed by atoms with Crippen LogP contribution in [0.25, 0.3) is 0 Å². The van der Waals surface area contributed by atoms with Crippen LogP contribution in [-0.4, -0.2) is 33.1 Å². The molecular weight excluding hydrogens is 446 g/mol. The Morgan fingerprint density at radius 3 is 2.75 bits per heavy atom. The van der Waals surface area contributed by atoms with Gasteiger partial charge < -0.3 is 15.5 Å². The van der Waals surface area contributed by atoms with Crippen molar-refractivity contribution in [2.75, 3.05) is 17.9 Å². The van der Waals surface area contributed by atoms with Crippen LogP contribution in [0.3, 0.4) is 0 Å². The normalized spacial score (nSPS) is 17.4. The molecule has 0 spiro atoms. The Kier molecular flexibility index (Phi) is 6.62. The summed E-state index contributed by atoms with van der Waals surface area (Å²) in [4.78, 5) is 13.5. The standard InChI is InChI=1S/C23H26ClN5O2S/c1-5-6-19-26-27-23-29(19)28-20(15-8-10-18(31-4)16(24)12-15)21(32-23)22(30)25-17-9-7-13(2)11-14(17)3/h7-12,20-21,28H,5-6H2,1-4H3,(H,25,30)/t20-,21+/m1/s1. The molecule has 2 aromatic carbocycles. The molecule has 2 atom stereocenters. The summed E-state index contributed by atoms with van der Waals surface area (Å²) in [5.74, 6) is 1.32. The van der Waals surface area contributed by atoms with Gasteiger partial charge in [-0.15, -0.1) is 10.2 Å². The number of anilines is 1. The molecule has 4 rings (SSSR count). The van der Waals surface area contributed by atoms with E-state index in [4.69, 9.17) is 16.3 Å². The van der Waals surface area contributed by atoms with E-state index in [-0.39, 0.29) is 11.9 Å². The van der Waals surface area contributed by atoms with Crippen LogP contribution in [0.15, 0.2) is 41.6 Å². The number of carbonyl (C=O) groups excluding carboxylic acids is 1. The Balaban J connectivity index is 1.69. The van der Waals surface area contributed by atoms with Gasteiger partial charge in [0.25, 0.3) is 0 Å². The molecule has 9 heteroatoms. The van der Waals surface area contributed by atoms with Crippen LogP contribution >= 0.6 is 23.4 Å². The summed E-state index contributed by atoms with van der Waals surface area (Å²) >= 11 is 7.81. The largest absolute Gasteiger partial charge is 0.495 e. The number of rotatable bonds is 6. The van der Waals surface area contributed by atoms with Crippen LogP contribution in [0.4, 0.5) is 5.69 Å². The van der Waals surface area contributed by atoms with Crippen LogP contribution in [-0.2, 0) is 11.2 Å². The van der Waals surface area contributed by atoms with E-state index in [1.54, 1.807) is 7.11 Å². The highest BCUT2D eigenvalue weighted by molar-refractivity contribution is 8.00. The second kappa shape index (κ2) is 9.42. The van der Waals surface area contributed by atoms with Gasteiger partial charge in [-0.2, -0.15) is 0 Å². The number of fused-ring (bicyclic) bond motifs is 1. The third-order valence-electron chi connectivity index (χ3n) is 5.41. The number of hydrogen-bond acceptors (Lipinski definition) is 6. The minimum Gasteiger partial charge on any atom is -0.495 e. The van der Waals surface area contributed by atoms with Crippen molar-refractivity contribution in [3.8, 4) is 5.75 Å². The smallest absolute Gasteiger partial charge is 0.240 e. The van der Waals surface area contributed by atoms with Crippen LogP contribution in [0.1, 0.15) is 41.9 Å². The minimum absolute atomic E-state index is 0.113. The van der Waals surface area contributed by atoms with Gasteiger partial charge in [-0.25, -0.2) is 4.68 Å². The molecule has 7 nitrogen and oxygen atoms in total. The molecule has 168 valence electrons. The maximum absolute atomic E-state index is 13.5. The molecule has 3 aromatic rings. The third kappa shape index (κ3) is 4.42. The van der Waals surface area contributed by atoms with Crippen LogP contribution in [0.2, 0.25) is 5.02 Å². The van der Waals surface area contributed by atoms with Crippen LogP contribution < -0.4 is 15.5 Å². The first kappa shape index (κ1) is 22.5. The molecule has 0 aliphatic carbocycles. The lowest BCUT2D eigenvalue weighted by atomic mass is 10.0. The van der Waals surface area contributed by atoms with Crippen molar-refractivity contribution in [3.05, 3.63) is 63.9 Å². The van der Waals surface area contributed by atoms with Crippen molar-refractivity contribution < 1.29 is 9.53 Å². The van der Waals surface area contributed by atoms with E-state index < -0.39 is 5.25 Å². The molecule has 2 heterocycles. The van der Waals surface area contributed by atoms with E-state index in [1.807, 2.05) is 48.9 Å². The average molecular weight is 472 g/mol. The number of aryl methyl sites for hydroxylation is 3. The number of methoxy groups -OCH3 is 1. The zero-order valence-electron chi connectivity index (χ0n) is 18.5. The first-order chi connectivity index (χ1) is 15.4. The quantitative estimate of drug-likeness (QED) is 0.531. The molecule has 0 bridgehead atoms. The first-order valence-electron chi connectivity index (χ1n) is 10.5. The monoisotopic (exact) mass is 471 g/mol. The summed E-state index contributed by atoms with van der Waals surface area (Å²) in [6, 6.07) is 11.2. The number of carbonyl (C=O) groups is 1. The molecule has 0 radical (unpaired) electrons. The summed E-state index contributed by atoms with van der Waals surface area (Å²) in [5, 5.41) is 12.4. The minimum atomic E-state index is -0.480. The molecule has 1 amide bonds. The van der Waals surface area contributed by atoms with E-state index in [2.05, 4.69) is 33.9 Å². The number of aromatic nitrogens is 3. The van der Waals surface area contributed by atoms with Gasteiger partial charge in [0.2, 0.25) is 11.1 Å². The lowest BCUT2D eigenvalue weighted by Gasteiger charge is -2.33. The summed E-state index contributed by atoms with van der Waals surface area (Å²) in [7, 11) is 1.58. The van der Waals surface area contributed by atoms with Gasteiger partial charge in [-0.05, 0) is 49.6 Å². The highest BCUT2D eigenvalue weighted by Crippen LogP contribution is 2.39. The molecule has 1 aliphatic rings. The Morgan fingerprint density at radius 2 is 2.06 bits per heavy atom.